The molecule has 3 unspecified atom stereocenters. The molecule has 1 heteroatoms. The van der Waals surface area contributed by atoms with Crippen LogP contribution in [-0.4, -0.2) is 24.0 Å². The molecule has 1 aliphatic rings. The van der Waals surface area contributed by atoms with Crippen LogP contribution < -0.4 is 0 Å². The summed E-state index contributed by atoms with van der Waals surface area (Å²) in [5, 5.41) is 0. The molecule has 1 rings (SSSR count). The minimum Gasteiger partial charge on any atom is -0.297 e. The third-order valence-electron chi connectivity index (χ3n) is 2.88. The van der Waals surface area contributed by atoms with Gasteiger partial charge in [-0.25, -0.2) is 0 Å². The van der Waals surface area contributed by atoms with E-state index < -0.39 is 0 Å². The number of hydrogen-bond acceptors (Lipinski definition) is 1. The molecule has 1 nitrogen and oxygen atoms in total. The first kappa shape index (κ1) is 8.79. The van der Waals surface area contributed by atoms with Gasteiger partial charge in [-0.15, -0.1) is 6.58 Å². The summed E-state index contributed by atoms with van der Waals surface area (Å²) in [6.45, 7) is 8.49. The molecule has 0 spiro atoms. The first-order valence-electron chi connectivity index (χ1n) is 4.49. The van der Waals surface area contributed by atoms with Crippen molar-refractivity contribution in [3.05, 3.63) is 12.7 Å². The van der Waals surface area contributed by atoms with Gasteiger partial charge in [-0.2, -0.15) is 0 Å². The van der Waals surface area contributed by atoms with Crippen molar-refractivity contribution < 1.29 is 0 Å². The van der Waals surface area contributed by atoms with Crippen molar-refractivity contribution >= 4 is 0 Å². The highest BCUT2D eigenvalue weighted by Crippen LogP contribution is 2.26. The highest BCUT2D eigenvalue weighted by atomic mass is 15.2. The van der Waals surface area contributed by atoms with Crippen LogP contribution in [0.2, 0.25) is 0 Å². The minimum absolute atomic E-state index is 0.605. The fourth-order valence-corrected chi connectivity index (χ4v) is 2.01. The lowest BCUT2D eigenvalue weighted by molar-refractivity contribution is 0.121. The molecule has 0 aromatic carbocycles. The Morgan fingerprint density at radius 3 is 2.55 bits per heavy atom. The van der Waals surface area contributed by atoms with E-state index in [0.29, 0.717) is 6.04 Å². The molecular formula is C10H19N. The standard InChI is InChI=1S/C10H19N/c1-5-10-7-8(2)6-9(3)11(10)4/h5,8-10H,1,6-7H2,2-4H3. The van der Waals surface area contributed by atoms with Gasteiger partial charge in [0.1, 0.15) is 0 Å². The molecule has 0 amide bonds. The summed E-state index contributed by atoms with van der Waals surface area (Å²) in [6, 6.07) is 1.33. The molecule has 1 heterocycles. The lowest BCUT2D eigenvalue weighted by Crippen LogP contribution is -2.43. The molecule has 0 aromatic rings. The van der Waals surface area contributed by atoms with Crippen LogP contribution in [0, 0.1) is 5.92 Å². The summed E-state index contributed by atoms with van der Waals surface area (Å²) < 4.78 is 0. The second kappa shape index (κ2) is 3.40. The Morgan fingerprint density at radius 2 is 2.00 bits per heavy atom. The van der Waals surface area contributed by atoms with Crippen LogP contribution in [0.25, 0.3) is 0 Å². The molecule has 0 aliphatic carbocycles. The number of piperidine rings is 1. The summed E-state index contributed by atoms with van der Waals surface area (Å²) in [6.07, 6.45) is 4.69. The molecule has 0 N–H and O–H groups in total. The fraction of sp³-hybridized carbons (Fsp3) is 0.800. The SMILES string of the molecule is C=CC1CC(C)CC(C)N1C. The average molecular weight is 153 g/mol. The summed E-state index contributed by atoms with van der Waals surface area (Å²) >= 11 is 0. The van der Waals surface area contributed by atoms with Gasteiger partial charge in [0.05, 0.1) is 0 Å². The Morgan fingerprint density at radius 1 is 1.36 bits per heavy atom. The fourth-order valence-electron chi connectivity index (χ4n) is 2.01. The van der Waals surface area contributed by atoms with Crippen LogP contribution in [0.15, 0.2) is 12.7 Å². The van der Waals surface area contributed by atoms with Gasteiger partial charge in [0.15, 0.2) is 0 Å². The van der Waals surface area contributed by atoms with Gasteiger partial charge in [0.2, 0.25) is 0 Å². The molecule has 0 aromatic heterocycles. The third kappa shape index (κ3) is 1.84. The Bertz CT molecular complexity index is 142. The van der Waals surface area contributed by atoms with E-state index in [2.05, 4.69) is 38.5 Å². The summed E-state index contributed by atoms with van der Waals surface area (Å²) in [4.78, 5) is 2.42. The van der Waals surface area contributed by atoms with Gasteiger partial charge < -0.3 is 0 Å². The predicted molar refractivity (Wildman–Crippen MR) is 49.6 cm³/mol. The highest BCUT2D eigenvalue weighted by molar-refractivity contribution is 4.93. The Hall–Kier alpha value is -0.300. The van der Waals surface area contributed by atoms with Crippen LogP contribution in [0.1, 0.15) is 26.7 Å². The molecule has 64 valence electrons. The van der Waals surface area contributed by atoms with Crippen molar-refractivity contribution in [2.75, 3.05) is 7.05 Å². The van der Waals surface area contributed by atoms with Crippen LogP contribution in [0.5, 0.6) is 0 Å². The minimum atomic E-state index is 0.605. The number of likely N-dealkylation sites (N-methyl/N-ethyl adjacent to an activating group) is 1. The van der Waals surface area contributed by atoms with Gasteiger partial charge in [0.25, 0.3) is 0 Å². The van der Waals surface area contributed by atoms with Gasteiger partial charge >= 0.3 is 0 Å². The average Bonchev–Trinajstić information content (AvgIpc) is 1.96. The molecule has 0 saturated carbocycles. The predicted octanol–water partition coefficient (Wildman–Crippen LogP) is 2.29. The highest BCUT2D eigenvalue weighted by Gasteiger charge is 2.26. The molecule has 1 aliphatic heterocycles. The molecule has 3 atom stereocenters. The molecule has 0 radical (unpaired) electrons. The molecule has 1 fully saturated rings. The van der Waals surface area contributed by atoms with Crippen molar-refractivity contribution in [1.29, 1.82) is 0 Å². The maximum Gasteiger partial charge on any atom is 0.0277 e. The second-order valence-corrected chi connectivity index (χ2v) is 3.89. The zero-order valence-corrected chi connectivity index (χ0v) is 7.88. The van der Waals surface area contributed by atoms with E-state index in [1.54, 1.807) is 0 Å². The Labute approximate surface area is 70.1 Å². The van der Waals surface area contributed by atoms with Crippen molar-refractivity contribution in [2.24, 2.45) is 5.92 Å². The van der Waals surface area contributed by atoms with E-state index >= 15 is 0 Å². The molecular weight excluding hydrogens is 134 g/mol. The third-order valence-corrected chi connectivity index (χ3v) is 2.88. The molecule has 0 bridgehead atoms. The van der Waals surface area contributed by atoms with E-state index in [0.717, 1.165) is 12.0 Å². The Balaban J connectivity index is 2.58. The lowest BCUT2D eigenvalue weighted by atomic mass is 9.88. The zero-order chi connectivity index (χ0) is 8.43. The number of likely N-dealkylation sites (tertiary alicyclic amines) is 1. The largest absolute Gasteiger partial charge is 0.297 e. The van der Waals surface area contributed by atoms with Crippen LogP contribution in [-0.2, 0) is 0 Å². The topological polar surface area (TPSA) is 3.24 Å². The van der Waals surface area contributed by atoms with Gasteiger partial charge in [-0.1, -0.05) is 13.0 Å². The molecule has 1 saturated heterocycles. The van der Waals surface area contributed by atoms with Crippen LogP contribution in [0.3, 0.4) is 0 Å². The monoisotopic (exact) mass is 153 g/mol. The van der Waals surface area contributed by atoms with Crippen molar-refractivity contribution in [1.82, 2.24) is 4.90 Å². The number of nitrogens with zero attached hydrogens (tertiary/aromatic N) is 1. The summed E-state index contributed by atoms with van der Waals surface area (Å²) in [7, 11) is 2.20. The lowest BCUT2D eigenvalue weighted by Gasteiger charge is -2.39. The van der Waals surface area contributed by atoms with Gasteiger partial charge in [-0.3, -0.25) is 4.90 Å². The first-order valence-corrected chi connectivity index (χ1v) is 4.49. The summed E-state index contributed by atoms with van der Waals surface area (Å²) in [5.41, 5.74) is 0. The van der Waals surface area contributed by atoms with E-state index in [9.17, 15) is 0 Å². The summed E-state index contributed by atoms with van der Waals surface area (Å²) in [5.74, 6) is 0.865. The van der Waals surface area contributed by atoms with Crippen molar-refractivity contribution in [3.8, 4) is 0 Å². The van der Waals surface area contributed by atoms with Gasteiger partial charge in [0, 0.05) is 12.1 Å². The Kier molecular flexibility index (Phi) is 2.72. The second-order valence-electron chi connectivity index (χ2n) is 3.89. The van der Waals surface area contributed by atoms with E-state index in [4.69, 9.17) is 0 Å². The number of rotatable bonds is 1. The maximum absolute atomic E-state index is 3.86. The van der Waals surface area contributed by atoms with Gasteiger partial charge in [-0.05, 0) is 32.7 Å². The quantitative estimate of drug-likeness (QED) is 0.522. The number of hydrogen-bond donors (Lipinski definition) is 0. The molecule has 11 heavy (non-hydrogen) atoms. The zero-order valence-electron chi connectivity index (χ0n) is 7.88. The van der Waals surface area contributed by atoms with E-state index in [-0.39, 0.29) is 0 Å². The van der Waals surface area contributed by atoms with Crippen molar-refractivity contribution in [2.45, 2.75) is 38.8 Å². The van der Waals surface area contributed by atoms with Crippen LogP contribution >= 0.6 is 0 Å². The van der Waals surface area contributed by atoms with E-state index in [1.807, 2.05) is 0 Å². The normalized spacial score (nSPS) is 40.5. The maximum atomic E-state index is 3.86. The smallest absolute Gasteiger partial charge is 0.0277 e. The van der Waals surface area contributed by atoms with E-state index in [1.165, 1.54) is 12.8 Å². The first-order chi connectivity index (χ1) is 5.15. The van der Waals surface area contributed by atoms with Crippen molar-refractivity contribution in [3.63, 3.8) is 0 Å². The van der Waals surface area contributed by atoms with Crippen LogP contribution in [0.4, 0.5) is 0 Å².